The summed E-state index contributed by atoms with van der Waals surface area (Å²) in [5, 5.41) is 2.91. The van der Waals surface area contributed by atoms with E-state index in [0.29, 0.717) is 13.2 Å². The molecule has 2 rings (SSSR count). The number of anilines is 1. The van der Waals surface area contributed by atoms with E-state index in [0.717, 1.165) is 12.1 Å². The van der Waals surface area contributed by atoms with E-state index < -0.39 is 5.72 Å². The SMILES string of the molecule is CCC1(C)OCCN1C(=O)Nc1ccc(C)cc1. The maximum atomic E-state index is 12.2. The predicted octanol–water partition coefficient (Wildman–Crippen LogP) is 2.99. The van der Waals surface area contributed by atoms with Crippen molar-refractivity contribution in [3.63, 3.8) is 0 Å². The second kappa shape index (κ2) is 4.98. The summed E-state index contributed by atoms with van der Waals surface area (Å²) in [6, 6.07) is 7.69. The molecule has 98 valence electrons. The van der Waals surface area contributed by atoms with Gasteiger partial charge in [-0.3, -0.25) is 4.90 Å². The van der Waals surface area contributed by atoms with Crippen LogP contribution in [0, 0.1) is 6.92 Å². The highest BCUT2D eigenvalue weighted by Crippen LogP contribution is 2.27. The lowest BCUT2D eigenvalue weighted by Gasteiger charge is -2.32. The second-order valence-electron chi connectivity index (χ2n) is 4.82. The molecule has 1 saturated heterocycles. The Hall–Kier alpha value is -1.55. The zero-order valence-electron chi connectivity index (χ0n) is 11.2. The van der Waals surface area contributed by atoms with Gasteiger partial charge >= 0.3 is 6.03 Å². The van der Waals surface area contributed by atoms with Crippen molar-refractivity contribution in [1.82, 2.24) is 4.90 Å². The molecule has 0 saturated carbocycles. The standard InChI is InChI=1S/C14H20N2O2/c1-4-14(3)16(9-10-18-14)13(17)15-12-7-5-11(2)6-8-12/h5-8H,4,9-10H2,1-3H3,(H,15,17). The van der Waals surface area contributed by atoms with Gasteiger partial charge in [-0.25, -0.2) is 4.79 Å². The Bertz CT molecular complexity index is 430. The molecular formula is C14H20N2O2. The molecule has 0 radical (unpaired) electrons. The van der Waals surface area contributed by atoms with Gasteiger partial charge in [-0.05, 0) is 32.4 Å². The van der Waals surface area contributed by atoms with Crippen LogP contribution in [0.1, 0.15) is 25.8 Å². The van der Waals surface area contributed by atoms with E-state index in [-0.39, 0.29) is 6.03 Å². The lowest BCUT2D eigenvalue weighted by molar-refractivity contribution is -0.0476. The third kappa shape index (κ3) is 2.48. The van der Waals surface area contributed by atoms with Crippen molar-refractivity contribution < 1.29 is 9.53 Å². The maximum Gasteiger partial charge on any atom is 0.324 e. The van der Waals surface area contributed by atoms with Gasteiger partial charge in [-0.2, -0.15) is 0 Å². The number of benzene rings is 1. The highest BCUT2D eigenvalue weighted by Gasteiger charge is 2.39. The molecule has 0 aliphatic carbocycles. The number of rotatable bonds is 2. The fourth-order valence-electron chi connectivity index (χ4n) is 2.11. The normalized spacial score (nSPS) is 23.2. The minimum Gasteiger partial charge on any atom is -0.354 e. The molecule has 1 aliphatic heterocycles. The van der Waals surface area contributed by atoms with Gasteiger partial charge in [0.2, 0.25) is 0 Å². The number of nitrogens with one attached hydrogen (secondary N) is 1. The van der Waals surface area contributed by atoms with Crippen molar-refractivity contribution in [3.05, 3.63) is 29.8 Å². The summed E-state index contributed by atoms with van der Waals surface area (Å²) >= 11 is 0. The average molecular weight is 248 g/mol. The van der Waals surface area contributed by atoms with Crippen LogP contribution in [-0.2, 0) is 4.74 Å². The predicted molar refractivity (Wildman–Crippen MR) is 71.6 cm³/mol. The number of nitrogens with zero attached hydrogens (tertiary/aromatic N) is 1. The zero-order chi connectivity index (χ0) is 13.2. The number of urea groups is 1. The fraction of sp³-hybridized carbons (Fsp3) is 0.500. The van der Waals surface area contributed by atoms with Crippen LogP contribution in [0.4, 0.5) is 10.5 Å². The molecule has 0 bridgehead atoms. The maximum absolute atomic E-state index is 12.2. The smallest absolute Gasteiger partial charge is 0.324 e. The van der Waals surface area contributed by atoms with Gasteiger partial charge < -0.3 is 10.1 Å². The van der Waals surface area contributed by atoms with E-state index in [2.05, 4.69) is 5.32 Å². The van der Waals surface area contributed by atoms with Gasteiger partial charge in [0.25, 0.3) is 0 Å². The Labute approximate surface area is 108 Å². The molecule has 1 unspecified atom stereocenters. The van der Waals surface area contributed by atoms with Crippen LogP contribution in [-0.4, -0.2) is 29.8 Å². The zero-order valence-corrected chi connectivity index (χ0v) is 11.2. The lowest BCUT2D eigenvalue weighted by Crippen LogP contribution is -2.47. The topological polar surface area (TPSA) is 41.6 Å². The Kier molecular flexibility index (Phi) is 3.57. The number of carbonyl (C=O) groups is 1. The van der Waals surface area contributed by atoms with Crippen molar-refractivity contribution in [2.24, 2.45) is 0 Å². The number of hydrogen-bond acceptors (Lipinski definition) is 2. The number of carbonyl (C=O) groups excluding carboxylic acids is 1. The third-order valence-corrected chi connectivity index (χ3v) is 3.50. The summed E-state index contributed by atoms with van der Waals surface area (Å²) in [6.07, 6.45) is 0.786. The first-order chi connectivity index (χ1) is 8.55. The van der Waals surface area contributed by atoms with E-state index >= 15 is 0 Å². The van der Waals surface area contributed by atoms with Gasteiger partial charge in [-0.15, -0.1) is 0 Å². The van der Waals surface area contributed by atoms with Crippen molar-refractivity contribution in [3.8, 4) is 0 Å². The fourth-order valence-corrected chi connectivity index (χ4v) is 2.11. The molecule has 4 nitrogen and oxygen atoms in total. The number of aryl methyl sites for hydroxylation is 1. The Morgan fingerprint density at radius 2 is 2.11 bits per heavy atom. The van der Waals surface area contributed by atoms with Crippen molar-refractivity contribution >= 4 is 11.7 Å². The number of ether oxygens (including phenoxy) is 1. The number of amides is 2. The van der Waals surface area contributed by atoms with Crippen LogP contribution >= 0.6 is 0 Å². The average Bonchev–Trinajstić information content (AvgIpc) is 2.75. The van der Waals surface area contributed by atoms with Crippen LogP contribution < -0.4 is 5.32 Å². The summed E-state index contributed by atoms with van der Waals surface area (Å²) in [6.45, 7) is 7.24. The van der Waals surface area contributed by atoms with Gasteiger partial charge in [0.1, 0.15) is 5.72 Å². The van der Waals surface area contributed by atoms with Crippen LogP contribution in [0.25, 0.3) is 0 Å². The van der Waals surface area contributed by atoms with Gasteiger partial charge in [0, 0.05) is 12.2 Å². The van der Waals surface area contributed by atoms with Crippen molar-refractivity contribution in [2.75, 3.05) is 18.5 Å². The molecule has 1 aromatic rings. The summed E-state index contributed by atoms with van der Waals surface area (Å²) in [5.74, 6) is 0. The molecule has 1 N–H and O–H groups in total. The molecule has 1 heterocycles. The van der Waals surface area contributed by atoms with Gasteiger partial charge in [0.05, 0.1) is 6.61 Å². The summed E-state index contributed by atoms with van der Waals surface area (Å²) < 4.78 is 5.65. The van der Waals surface area contributed by atoms with E-state index in [1.165, 1.54) is 5.56 Å². The Morgan fingerprint density at radius 3 is 2.72 bits per heavy atom. The first-order valence-corrected chi connectivity index (χ1v) is 6.34. The van der Waals surface area contributed by atoms with Crippen LogP contribution in [0.5, 0.6) is 0 Å². The molecule has 18 heavy (non-hydrogen) atoms. The summed E-state index contributed by atoms with van der Waals surface area (Å²) in [4.78, 5) is 14.0. The molecule has 1 atom stereocenters. The second-order valence-corrected chi connectivity index (χ2v) is 4.82. The molecule has 1 fully saturated rings. The van der Waals surface area contributed by atoms with Crippen LogP contribution in [0.3, 0.4) is 0 Å². The Balaban J connectivity index is 2.06. The molecule has 0 aromatic heterocycles. The first-order valence-electron chi connectivity index (χ1n) is 6.34. The third-order valence-electron chi connectivity index (χ3n) is 3.50. The quantitative estimate of drug-likeness (QED) is 0.874. The van der Waals surface area contributed by atoms with E-state index in [9.17, 15) is 4.79 Å². The molecule has 0 spiro atoms. The lowest BCUT2D eigenvalue weighted by atomic mass is 10.2. The molecule has 1 aliphatic rings. The highest BCUT2D eigenvalue weighted by atomic mass is 16.5. The molecule has 4 heteroatoms. The summed E-state index contributed by atoms with van der Waals surface area (Å²) in [5.41, 5.74) is 1.52. The van der Waals surface area contributed by atoms with Crippen molar-refractivity contribution in [2.45, 2.75) is 32.9 Å². The van der Waals surface area contributed by atoms with Crippen LogP contribution in [0.2, 0.25) is 0 Å². The highest BCUT2D eigenvalue weighted by molar-refractivity contribution is 5.89. The van der Waals surface area contributed by atoms with E-state index in [1.54, 1.807) is 4.90 Å². The van der Waals surface area contributed by atoms with E-state index in [1.807, 2.05) is 45.0 Å². The molecular weight excluding hydrogens is 228 g/mol. The number of hydrogen-bond donors (Lipinski definition) is 1. The Morgan fingerprint density at radius 1 is 1.44 bits per heavy atom. The summed E-state index contributed by atoms with van der Waals surface area (Å²) in [7, 11) is 0. The van der Waals surface area contributed by atoms with Gasteiger partial charge in [0.15, 0.2) is 0 Å². The van der Waals surface area contributed by atoms with E-state index in [4.69, 9.17) is 4.74 Å². The van der Waals surface area contributed by atoms with Crippen LogP contribution in [0.15, 0.2) is 24.3 Å². The first kappa shape index (κ1) is 12.9. The monoisotopic (exact) mass is 248 g/mol. The van der Waals surface area contributed by atoms with Crippen molar-refractivity contribution in [1.29, 1.82) is 0 Å². The minimum atomic E-state index is -0.477. The molecule has 2 amide bonds. The minimum absolute atomic E-state index is 0.0966. The molecule has 1 aromatic carbocycles. The van der Waals surface area contributed by atoms with Gasteiger partial charge in [-0.1, -0.05) is 24.6 Å². The largest absolute Gasteiger partial charge is 0.354 e.